The summed E-state index contributed by atoms with van der Waals surface area (Å²) in [7, 11) is -0.323. The van der Waals surface area contributed by atoms with Crippen LogP contribution in [0.25, 0.3) is 0 Å². The monoisotopic (exact) mass is 394 g/mol. The molecule has 0 aromatic heterocycles. The topological polar surface area (TPSA) is 44.8 Å². The lowest BCUT2D eigenvalue weighted by atomic mass is 9.91. The lowest BCUT2D eigenvalue weighted by molar-refractivity contribution is -0.116. The van der Waals surface area contributed by atoms with Gasteiger partial charge in [-0.3, -0.25) is 0 Å². The van der Waals surface area contributed by atoms with Crippen molar-refractivity contribution < 1.29 is 18.7 Å². The molecule has 1 rings (SSSR count). The minimum atomic E-state index is -1.98. The summed E-state index contributed by atoms with van der Waals surface area (Å²) in [6.45, 7) is 17.8. The number of rotatable bonds is 10. The zero-order valence-corrected chi connectivity index (χ0v) is 19.5. The minimum absolute atomic E-state index is 0.0238. The lowest BCUT2D eigenvalue weighted by Gasteiger charge is -2.43. The Morgan fingerprint density at radius 1 is 1.07 bits per heavy atom. The van der Waals surface area contributed by atoms with Crippen LogP contribution in [-0.2, 0) is 20.6 Å². The van der Waals surface area contributed by atoms with Gasteiger partial charge in [-0.05, 0) is 42.8 Å². The van der Waals surface area contributed by atoms with Gasteiger partial charge in [0.1, 0.15) is 12.0 Å². The molecule has 0 N–H and O–H groups in total. The van der Waals surface area contributed by atoms with E-state index in [1.807, 2.05) is 31.2 Å². The number of benzene rings is 1. The van der Waals surface area contributed by atoms with Crippen molar-refractivity contribution in [1.82, 2.24) is 0 Å². The third-order valence-electron chi connectivity index (χ3n) is 5.90. The van der Waals surface area contributed by atoms with Crippen molar-refractivity contribution in [3.63, 3.8) is 0 Å². The van der Waals surface area contributed by atoms with Gasteiger partial charge in [0.05, 0.1) is 25.9 Å². The normalized spacial score (nSPS) is 17.1. The highest BCUT2D eigenvalue weighted by molar-refractivity contribution is 6.74. The van der Waals surface area contributed by atoms with E-state index in [1.165, 1.54) is 0 Å². The van der Waals surface area contributed by atoms with Gasteiger partial charge in [-0.2, -0.15) is 0 Å². The van der Waals surface area contributed by atoms with Crippen LogP contribution in [0.4, 0.5) is 0 Å². The smallest absolute Gasteiger partial charge is 0.192 e. The predicted octanol–water partition coefficient (Wildman–Crippen LogP) is 5.46. The fraction of sp³-hybridized carbons (Fsp3) is 0.682. The van der Waals surface area contributed by atoms with Crippen LogP contribution in [0, 0.1) is 11.8 Å². The molecule has 0 saturated carbocycles. The average molecular weight is 395 g/mol. The van der Waals surface area contributed by atoms with Gasteiger partial charge in [0.25, 0.3) is 0 Å². The van der Waals surface area contributed by atoms with Crippen LogP contribution in [0.2, 0.25) is 18.1 Å². The van der Waals surface area contributed by atoms with Crippen molar-refractivity contribution >= 4 is 14.6 Å². The molecular weight excluding hydrogens is 356 g/mol. The van der Waals surface area contributed by atoms with E-state index in [1.54, 1.807) is 7.11 Å². The van der Waals surface area contributed by atoms with Crippen molar-refractivity contribution in [3.8, 4) is 5.75 Å². The van der Waals surface area contributed by atoms with Crippen molar-refractivity contribution in [1.29, 1.82) is 0 Å². The number of carbonyl (C=O) groups is 1. The molecule has 0 fully saturated rings. The van der Waals surface area contributed by atoms with Crippen molar-refractivity contribution in [3.05, 3.63) is 29.8 Å². The number of carbonyl (C=O) groups excluding carboxylic acids is 1. The summed E-state index contributed by atoms with van der Waals surface area (Å²) >= 11 is 0. The van der Waals surface area contributed by atoms with Gasteiger partial charge < -0.3 is 18.7 Å². The molecule has 0 aliphatic carbocycles. The molecule has 0 radical (unpaired) electrons. The number of aldehydes is 1. The van der Waals surface area contributed by atoms with E-state index in [-0.39, 0.29) is 29.1 Å². The summed E-state index contributed by atoms with van der Waals surface area (Å²) in [5.41, 5.74) is 1.10. The van der Waals surface area contributed by atoms with Crippen molar-refractivity contribution in [2.24, 2.45) is 11.8 Å². The summed E-state index contributed by atoms with van der Waals surface area (Å²) in [6, 6.07) is 7.89. The number of ether oxygens (including phenoxy) is 2. The van der Waals surface area contributed by atoms with Crippen LogP contribution in [-0.4, -0.2) is 33.9 Å². The SMILES string of the molecule is COc1ccc(COC(C)C(C)C(O[Si](C)(C)C(C)(C)C)C(C)C=O)cc1. The van der Waals surface area contributed by atoms with Gasteiger partial charge in [-0.25, -0.2) is 0 Å². The van der Waals surface area contributed by atoms with Crippen molar-refractivity contribution in [2.45, 2.75) is 78.5 Å². The molecule has 154 valence electrons. The quantitative estimate of drug-likeness (QED) is 0.390. The first kappa shape index (κ1) is 23.9. The van der Waals surface area contributed by atoms with Gasteiger partial charge in [0.2, 0.25) is 0 Å². The summed E-state index contributed by atoms with van der Waals surface area (Å²) in [5.74, 6) is 0.779. The molecule has 1 aromatic carbocycles. The van der Waals surface area contributed by atoms with E-state index >= 15 is 0 Å². The molecule has 1 aromatic rings. The Hall–Kier alpha value is -1.17. The Kier molecular flexibility index (Phi) is 8.71. The standard InChI is InChI=1S/C22H38O4Si/c1-16(14-23)21(26-27(8,9)22(4,5)6)17(2)18(3)25-15-19-10-12-20(24-7)13-11-19/h10-14,16-18,21H,15H2,1-9H3. The highest BCUT2D eigenvalue weighted by Gasteiger charge is 2.42. The number of hydrogen-bond acceptors (Lipinski definition) is 4. The Morgan fingerprint density at radius 3 is 2.07 bits per heavy atom. The molecule has 0 bridgehead atoms. The molecule has 4 unspecified atom stereocenters. The maximum absolute atomic E-state index is 11.5. The Morgan fingerprint density at radius 2 is 1.63 bits per heavy atom. The minimum Gasteiger partial charge on any atom is -0.497 e. The first-order valence-electron chi connectivity index (χ1n) is 9.80. The van der Waals surface area contributed by atoms with E-state index in [2.05, 4.69) is 47.7 Å². The van der Waals surface area contributed by atoms with Crippen LogP contribution in [0.3, 0.4) is 0 Å². The molecule has 5 heteroatoms. The predicted molar refractivity (Wildman–Crippen MR) is 114 cm³/mol. The van der Waals surface area contributed by atoms with E-state index in [0.29, 0.717) is 6.61 Å². The largest absolute Gasteiger partial charge is 0.497 e. The molecule has 0 aliphatic rings. The summed E-state index contributed by atoms with van der Waals surface area (Å²) in [4.78, 5) is 11.5. The fourth-order valence-corrected chi connectivity index (χ4v) is 4.12. The zero-order valence-electron chi connectivity index (χ0n) is 18.5. The summed E-state index contributed by atoms with van der Waals surface area (Å²) in [6.07, 6.45) is 0.836. The number of methoxy groups -OCH3 is 1. The second kappa shape index (κ2) is 9.85. The maximum Gasteiger partial charge on any atom is 0.192 e. The molecular formula is C22H38O4Si. The first-order chi connectivity index (χ1) is 12.4. The molecule has 0 heterocycles. The molecule has 0 saturated heterocycles. The molecule has 4 atom stereocenters. The average Bonchev–Trinajstić information content (AvgIpc) is 2.62. The summed E-state index contributed by atoms with van der Waals surface area (Å²) < 4.78 is 17.9. The third-order valence-corrected chi connectivity index (χ3v) is 10.4. The molecule has 0 aliphatic heterocycles. The van der Waals surface area contributed by atoms with Gasteiger partial charge in [0, 0.05) is 11.8 Å². The maximum atomic E-state index is 11.5. The van der Waals surface area contributed by atoms with Gasteiger partial charge in [-0.15, -0.1) is 0 Å². The highest BCUT2D eigenvalue weighted by atomic mass is 28.4. The molecule has 4 nitrogen and oxygen atoms in total. The Bertz CT molecular complexity index is 577. The van der Waals surface area contributed by atoms with Gasteiger partial charge in [0.15, 0.2) is 8.32 Å². The third kappa shape index (κ3) is 6.73. The second-order valence-corrected chi connectivity index (χ2v) is 13.8. The first-order valence-corrected chi connectivity index (χ1v) is 12.7. The van der Waals surface area contributed by atoms with E-state index < -0.39 is 8.32 Å². The van der Waals surface area contributed by atoms with Crippen molar-refractivity contribution in [2.75, 3.05) is 7.11 Å². The molecule has 27 heavy (non-hydrogen) atoms. The fourth-order valence-electron chi connectivity index (χ4n) is 2.66. The van der Waals surface area contributed by atoms with Crippen LogP contribution < -0.4 is 4.74 Å². The van der Waals surface area contributed by atoms with Crippen LogP contribution in [0.1, 0.15) is 47.1 Å². The van der Waals surface area contributed by atoms with Crippen LogP contribution in [0.5, 0.6) is 5.75 Å². The summed E-state index contributed by atoms with van der Waals surface area (Å²) in [5, 5.41) is 0.0980. The number of hydrogen-bond donors (Lipinski definition) is 0. The van der Waals surface area contributed by atoms with Crippen LogP contribution in [0.15, 0.2) is 24.3 Å². The highest BCUT2D eigenvalue weighted by Crippen LogP contribution is 2.39. The van der Waals surface area contributed by atoms with E-state index in [4.69, 9.17) is 13.9 Å². The lowest BCUT2D eigenvalue weighted by Crippen LogP contribution is -2.49. The van der Waals surface area contributed by atoms with E-state index in [9.17, 15) is 4.79 Å². The van der Waals surface area contributed by atoms with Crippen LogP contribution >= 0.6 is 0 Å². The second-order valence-electron chi connectivity index (χ2n) is 9.06. The van der Waals surface area contributed by atoms with Gasteiger partial charge >= 0.3 is 0 Å². The van der Waals surface area contributed by atoms with Gasteiger partial charge in [-0.1, -0.05) is 46.8 Å². The molecule has 0 spiro atoms. The zero-order chi connectivity index (χ0) is 20.8. The molecule has 0 amide bonds. The Labute approximate surface area is 166 Å². The Balaban J connectivity index is 2.81. The van der Waals surface area contributed by atoms with E-state index in [0.717, 1.165) is 17.6 Å².